The van der Waals surface area contributed by atoms with E-state index in [0.717, 1.165) is 0 Å². The Hall–Kier alpha value is -0.0600. The van der Waals surface area contributed by atoms with E-state index in [2.05, 4.69) is 32.6 Å². The Morgan fingerprint density at radius 2 is 2.43 bits per heavy atom. The SMILES string of the molecule is CO/N=C\C=C/I. The largest absolute Gasteiger partial charge is 0.399 e. The molecule has 0 N–H and O–H groups in total. The number of oxime groups is 1. The van der Waals surface area contributed by atoms with Crippen LogP contribution >= 0.6 is 22.6 Å². The molecule has 0 spiro atoms. The highest BCUT2D eigenvalue weighted by Crippen LogP contribution is 1.79. The molecule has 3 heteroatoms. The van der Waals surface area contributed by atoms with Gasteiger partial charge in [-0.15, -0.1) is 0 Å². The minimum absolute atomic E-state index is 1.51. The van der Waals surface area contributed by atoms with Gasteiger partial charge in [-0.2, -0.15) is 0 Å². The summed E-state index contributed by atoms with van der Waals surface area (Å²) in [4.78, 5) is 4.36. The second kappa shape index (κ2) is 5.94. The van der Waals surface area contributed by atoms with Gasteiger partial charge in [0.05, 0.1) is 6.21 Å². The van der Waals surface area contributed by atoms with Crippen LogP contribution in [0.5, 0.6) is 0 Å². The van der Waals surface area contributed by atoms with Crippen LogP contribution in [0.4, 0.5) is 0 Å². The summed E-state index contributed by atoms with van der Waals surface area (Å²) in [6, 6.07) is 0. The molecule has 0 rings (SSSR count). The predicted molar refractivity (Wildman–Crippen MR) is 38.7 cm³/mol. The summed E-state index contributed by atoms with van der Waals surface area (Å²) >= 11 is 2.10. The van der Waals surface area contributed by atoms with Gasteiger partial charge in [-0.1, -0.05) is 27.7 Å². The van der Waals surface area contributed by atoms with Gasteiger partial charge in [-0.3, -0.25) is 0 Å². The second-order valence-corrected chi connectivity index (χ2v) is 1.47. The third-order valence-corrected chi connectivity index (χ3v) is 0.740. The van der Waals surface area contributed by atoms with Gasteiger partial charge in [0.15, 0.2) is 0 Å². The molecular weight excluding hydrogens is 205 g/mol. The van der Waals surface area contributed by atoms with E-state index in [1.807, 2.05) is 4.08 Å². The quantitative estimate of drug-likeness (QED) is 0.386. The van der Waals surface area contributed by atoms with Gasteiger partial charge in [0.25, 0.3) is 0 Å². The maximum Gasteiger partial charge on any atom is 0.106 e. The molecule has 0 aliphatic rings. The fourth-order valence-corrected chi connectivity index (χ4v) is 0.314. The Balaban J connectivity index is 3.09. The van der Waals surface area contributed by atoms with Crippen LogP contribution < -0.4 is 0 Å². The Labute approximate surface area is 56.4 Å². The van der Waals surface area contributed by atoms with Crippen molar-refractivity contribution in [3.8, 4) is 0 Å². The van der Waals surface area contributed by atoms with Gasteiger partial charge in [-0.25, -0.2) is 0 Å². The minimum Gasteiger partial charge on any atom is -0.399 e. The van der Waals surface area contributed by atoms with Gasteiger partial charge in [0, 0.05) is 0 Å². The Morgan fingerprint density at radius 1 is 1.71 bits per heavy atom. The molecule has 0 amide bonds. The molecular formula is C4H6INO. The van der Waals surface area contributed by atoms with Crippen molar-refractivity contribution in [3.63, 3.8) is 0 Å². The molecule has 0 fully saturated rings. The maximum atomic E-state index is 4.36. The maximum absolute atomic E-state index is 4.36. The number of rotatable bonds is 2. The summed E-state index contributed by atoms with van der Waals surface area (Å²) in [5.74, 6) is 0. The van der Waals surface area contributed by atoms with Crippen LogP contribution in [0.3, 0.4) is 0 Å². The molecule has 0 heterocycles. The summed E-state index contributed by atoms with van der Waals surface area (Å²) < 4.78 is 1.85. The van der Waals surface area contributed by atoms with E-state index in [1.165, 1.54) is 7.11 Å². The molecule has 0 radical (unpaired) electrons. The summed E-state index contributed by atoms with van der Waals surface area (Å²) in [7, 11) is 1.51. The smallest absolute Gasteiger partial charge is 0.106 e. The van der Waals surface area contributed by atoms with Crippen molar-refractivity contribution < 1.29 is 4.84 Å². The van der Waals surface area contributed by atoms with Crippen molar-refractivity contribution in [1.29, 1.82) is 0 Å². The molecule has 0 aromatic heterocycles. The van der Waals surface area contributed by atoms with Crippen molar-refractivity contribution in [2.45, 2.75) is 0 Å². The van der Waals surface area contributed by atoms with Crippen molar-refractivity contribution in [2.24, 2.45) is 5.16 Å². The van der Waals surface area contributed by atoms with E-state index >= 15 is 0 Å². The van der Waals surface area contributed by atoms with Gasteiger partial charge in [0.2, 0.25) is 0 Å². The van der Waals surface area contributed by atoms with Crippen LogP contribution in [0.2, 0.25) is 0 Å². The molecule has 0 unspecified atom stereocenters. The Morgan fingerprint density at radius 3 is 2.86 bits per heavy atom. The fourth-order valence-electron chi connectivity index (χ4n) is 0.129. The molecule has 7 heavy (non-hydrogen) atoms. The van der Waals surface area contributed by atoms with Crippen molar-refractivity contribution in [3.05, 3.63) is 10.2 Å². The van der Waals surface area contributed by atoms with E-state index in [4.69, 9.17) is 0 Å². The Kier molecular flexibility index (Phi) is 5.89. The van der Waals surface area contributed by atoms with Crippen LogP contribution in [0, 0.1) is 0 Å². The van der Waals surface area contributed by atoms with Crippen molar-refractivity contribution in [1.82, 2.24) is 0 Å². The number of nitrogens with zero attached hydrogens (tertiary/aromatic N) is 1. The molecule has 40 valence electrons. The lowest BCUT2D eigenvalue weighted by Gasteiger charge is -1.77. The molecule has 0 aliphatic carbocycles. The lowest BCUT2D eigenvalue weighted by Crippen LogP contribution is -1.65. The molecule has 0 atom stereocenters. The predicted octanol–water partition coefficient (Wildman–Crippen LogP) is 1.57. The summed E-state index contributed by atoms with van der Waals surface area (Å²) in [6.07, 6.45) is 3.36. The summed E-state index contributed by atoms with van der Waals surface area (Å²) in [5, 5.41) is 3.44. The van der Waals surface area contributed by atoms with Crippen LogP contribution in [-0.4, -0.2) is 13.3 Å². The van der Waals surface area contributed by atoms with E-state index in [0.29, 0.717) is 0 Å². The first kappa shape index (κ1) is 6.94. The molecule has 0 saturated carbocycles. The topological polar surface area (TPSA) is 21.6 Å². The Bertz CT molecular complexity index is 79.8. The highest BCUT2D eigenvalue weighted by Gasteiger charge is 1.57. The number of hydrogen-bond donors (Lipinski definition) is 0. The van der Waals surface area contributed by atoms with Crippen LogP contribution in [0.15, 0.2) is 15.3 Å². The zero-order chi connectivity index (χ0) is 5.54. The molecule has 0 aliphatic heterocycles. The molecule has 2 nitrogen and oxygen atoms in total. The monoisotopic (exact) mass is 211 g/mol. The van der Waals surface area contributed by atoms with Gasteiger partial charge in [0.1, 0.15) is 7.11 Å². The number of hydrogen-bond acceptors (Lipinski definition) is 2. The number of allylic oxidation sites excluding steroid dienone is 1. The lowest BCUT2D eigenvalue weighted by molar-refractivity contribution is 0.215. The first-order valence-corrected chi connectivity index (χ1v) is 2.98. The number of halogens is 1. The van der Waals surface area contributed by atoms with Crippen molar-refractivity contribution in [2.75, 3.05) is 7.11 Å². The van der Waals surface area contributed by atoms with Gasteiger partial charge in [-0.05, 0) is 10.2 Å². The fraction of sp³-hybridized carbons (Fsp3) is 0.250. The highest BCUT2D eigenvalue weighted by molar-refractivity contribution is 14.1. The van der Waals surface area contributed by atoms with Crippen molar-refractivity contribution >= 4 is 28.8 Å². The first-order chi connectivity index (χ1) is 3.41. The van der Waals surface area contributed by atoms with E-state index in [1.54, 1.807) is 12.3 Å². The van der Waals surface area contributed by atoms with Crippen LogP contribution in [0.1, 0.15) is 0 Å². The van der Waals surface area contributed by atoms with Gasteiger partial charge >= 0.3 is 0 Å². The third-order valence-electron chi connectivity index (χ3n) is 0.325. The second-order valence-electron chi connectivity index (χ2n) is 0.755. The summed E-state index contributed by atoms with van der Waals surface area (Å²) in [5.41, 5.74) is 0. The third kappa shape index (κ3) is 5.94. The normalized spacial score (nSPS) is 11.1. The van der Waals surface area contributed by atoms with E-state index < -0.39 is 0 Å². The zero-order valence-electron chi connectivity index (χ0n) is 3.97. The average Bonchev–Trinajstić information content (AvgIpc) is 1.69. The molecule has 0 bridgehead atoms. The van der Waals surface area contributed by atoms with Crippen LogP contribution in [-0.2, 0) is 4.84 Å². The van der Waals surface area contributed by atoms with Gasteiger partial charge < -0.3 is 4.84 Å². The highest BCUT2D eigenvalue weighted by atomic mass is 127. The molecule has 0 aromatic carbocycles. The molecule has 0 saturated heterocycles. The van der Waals surface area contributed by atoms with Crippen LogP contribution in [0.25, 0.3) is 0 Å². The first-order valence-electron chi connectivity index (χ1n) is 1.73. The average molecular weight is 211 g/mol. The zero-order valence-corrected chi connectivity index (χ0v) is 6.12. The standard InChI is InChI=1S/C4H6INO/c1-7-6-4-2-3-5/h2-4H,1H3/b3-2-,6-4-. The lowest BCUT2D eigenvalue weighted by atomic mass is 10.7. The minimum atomic E-state index is 1.51. The summed E-state index contributed by atoms with van der Waals surface area (Å²) in [6.45, 7) is 0. The van der Waals surface area contributed by atoms with E-state index in [9.17, 15) is 0 Å². The van der Waals surface area contributed by atoms with E-state index in [-0.39, 0.29) is 0 Å². The molecule has 0 aromatic rings.